The number of rotatable bonds is 8. The van der Waals surface area contributed by atoms with Gasteiger partial charge in [-0.2, -0.15) is 0 Å². The molecule has 2 N–H and O–H groups in total. The van der Waals surface area contributed by atoms with E-state index in [-0.39, 0.29) is 0 Å². The Balaban J connectivity index is 1.82. The van der Waals surface area contributed by atoms with Crippen molar-refractivity contribution in [3.8, 4) is 0 Å². The minimum absolute atomic E-state index is 0.315. The van der Waals surface area contributed by atoms with Gasteiger partial charge in [0.25, 0.3) is 0 Å². The highest BCUT2D eigenvalue weighted by Crippen LogP contribution is 2.18. The zero-order valence-electron chi connectivity index (χ0n) is 15.1. The molecule has 0 radical (unpaired) electrons. The van der Waals surface area contributed by atoms with Crippen LogP contribution in [0.15, 0.2) is 17.1 Å². The van der Waals surface area contributed by atoms with Gasteiger partial charge in [0, 0.05) is 41.9 Å². The molecule has 134 valence electrons. The summed E-state index contributed by atoms with van der Waals surface area (Å²) in [4.78, 5) is 21.2. The number of aryl methyl sites for hydroxylation is 1. The Labute approximate surface area is 149 Å². The molecule has 0 saturated carbocycles. The van der Waals surface area contributed by atoms with E-state index in [2.05, 4.69) is 53.4 Å². The molecule has 1 aromatic heterocycles. The van der Waals surface area contributed by atoms with Crippen molar-refractivity contribution in [2.45, 2.75) is 59.0 Å². The third kappa shape index (κ3) is 5.51. The Morgan fingerprint density at radius 1 is 1.38 bits per heavy atom. The number of carbonyl (C=O) groups excluding carboxylic acids is 1. The first kappa shape index (κ1) is 18.8. The van der Waals surface area contributed by atoms with Crippen LogP contribution in [-0.4, -0.2) is 42.4 Å². The first-order valence-corrected chi connectivity index (χ1v) is 9.82. The van der Waals surface area contributed by atoms with E-state index >= 15 is 0 Å². The lowest BCUT2D eigenvalue weighted by atomic mass is 10.1. The molecule has 6 heteroatoms. The molecule has 1 atom stereocenters. The molecule has 1 aromatic rings. The lowest BCUT2D eigenvalue weighted by Gasteiger charge is -2.27. The number of carbonyl (C=O) groups is 1. The molecule has 1 fully saturated rings. The fraction of sp³-hybridized carbons (Fsp3) is 0.667. The van der Waals surface area contributed by atoms with Crippen LogP contribution in [0, 0.1) is 6.92 Å². The molecule has 24 heavy (non-hydrogen) atoms. The monoisotopic (exact) mass is 350 g/mol. The van der Waals surface area contributed by atoms with Crippen LogP contribution in [0.4, 0.5) is 0 Å². The molecule has 0 aliphatic carbocycles. The van der Waals surface area contributed by atoms with Crippen molar-refractivity contribution >= 4 is 23.2 Å². The molecule has 0 spiro atoms. The Kier molecular flexibility index (Phi) is 7.56. The smallest absolute Gasteiger partial charge is 0.222 e. The molecule has 2 heterocycles. The van der Waals surface area contributed by atoms with Gasteiger partial charge in [0.1, 0.15) is 0 Å². The Morgan fingerprint density at radius 2 is 2.21 bits per heavy atom. The molecule has 1 amide bonds. The van der Waals surface area contributed by atoms with Crippen LogP contribution >= 0.6 is 11.3 Å². The van der Waals surface area contributed by atoms with Crippen LogP contribution in [0.3, 0.4) is 0 Å². The van der Waals surface area contributed by atoms with Gasteiger partial charge < -0.3 is 15.5 Å². The molecule has 0 bridgehead atoms. The summed E-state index contributed by atoms with van der Waals surface area (Å²) in [5.74, 6) is 1.17. The highest BCUT2D eigenvalue weighted by Gasteiger charge is 2.26. The number of hydrogen-bond acceptors (Lipinski definition) is 3. The van der Waals surface area contributed by atoms with E-state index in [1.54, 1.807) is 11.3 Å². The number of thiophene rings is 1. The maximum atomic E-state index is 11.9. The van der Waals surface area contributed by atoms with Crippen LogP contribution < -0.4 is 10.6 Å². The number of hydrogen-bond donors (Lipinski definition) is 2. The molecular weight excluding hydrogens is 320 g/mol. The predicted octanol–water partition coefficient (Wildman–Crippen LogP) is 2.90. The summed E-state index contributed by atoms with van der Waals surface area (Å²) in [5, 5.41) is 6.70. The van der Waals surface area contributed by atoms with Gasteiger partial charge >= 0.3 is 0 Å². The van der Waals surface area contributed by atoms with Crippen molar-refractivity contribution in [3.05, 3.63) is 21.9 Å². The molecule has 1 aliphatic rings. The highest BCUT2D eigenvalue weighted by molar-refractivity contribution is 7.11. The zero-order chi connectivity index (χ0) is 17.4. The van der Waals surface area contributed by atoms with Crippen LogP contribution in [0.1, 0.15) is 49.3 Å². The van der Waals surface area contributed by atoms with Crippen molar-refractivity contribution in [1.82, 2.24) is 15.5 Å². The van der Waals surface area contributed by atoms with E-state index in [4.69, 9.17) is 0 Å². The average molecular weight is 351 g/mol. The predicted molar refractivity (Wildman–Crippen MR) is 102 cm³/mol. The van der Waals surface area contributed by atoms with E-state index < -0.39 is 0 Å². The maximum absolute atomic E-state index is 11.9. The van der Waals surface area contributed by atoms with Crippen LogP contribution in [0.2, 0.25) is 0 Å². The van der Waals surface area contributed by atoms with Gasteiger partial charge in [0.15, 0.2) is 5.96 Å². The van der Waals surface area contributed by atoms with Gasteiger partial charge in [-0.1, -0.05) is 6.92 Å². The molecule has 1 aliphatic heterocycles. The van der Waals surface area contributed by atoms with E-state index in [0.717, 1.165) is 44.9 Å². The van der Waals surface area contributed by atoms with Crippen LogP contribution in [-0.2, 0) is 11.3 Å². The van der Waals surface area contributed by atoms with Crippen molar-refractivity contribution in [2.24, 2.45) is 4.99 Å². The van der Waals surface area contributed by atoms with Gasteiger partial charge in [-0.05, 0) is 45.2 Å². The lowest BCUT2D eigenvalue weighted by Crippen LogP contribution is -2.42. The normalized spacial score (nSPS) is 16.5. The number of amides is 1. The third-order valence-corrected chi connectivity index (χ3v) is 5.31. The number of likely N-dealkylation sites (tertiary alicyclic amines) is 1. The minimum atomic E-state index is 0.315. The Bertz CT molecular complexity index is 555. The average Bonchev–Trinajstić information content (AvgIpc) is 3.17. The zero-order valence-corrected chi connectivity index (χ0v) is 15.9. The molecule has 2 rings (SSSR count). The second-order valence-electron chi connectivity index (χ2n) is 6.18. The van der Waals surface area contributed by atoms with Gasteiger partial charge in [-0.3, -0.25) is 4.79 Å². The number of nitrogens with zero attached hydrogens (tertiary/aromatic N) is 2. The fourth-order valence-corrected chi connectivity index (χ4v) is 3.88. The van der Waals surface area contributed by atoms with E-state index in [1.165, 1.54) is 9.75 Å². The third-order valence-electron chi connectivity index (χ3n) is 4.33. The molecule has 1 unspecified atom stereocenters. The summed E-state index contributed by atoms with van der Waals surface area (Å²) in [5.41, 5.74) is 0. The van der Waals surface area contributed by atoms with Crippen molar-refractivity contribution in [3.63, 3.8) is 0 Å². The number of nitrogens with one attached hydrogen (secondary N) is 2. The maximum Gasteiger partial charge on any atom is 0.222 e. The molecule has 5 nitrogen and oxygen atoms in total. The Hall–Kier alpha value is -1.56. The molecular formula is C18H30N4OS. The van der Waals surface area contributed by atoms with E-state index in [1.807, 2.05) is 0 Å². The van der Waals surface area contributed by atoms with Gasteiger partial charge in [0.2, 0.25) is 5.91 Å². The summed E-state index contributed by atoms with van der Waals surface area (Å²) >= 11 is 1.79. The summed E-state index contributed by atoms with van der Waals surface area (Å²) in [7, 11) is 0. The van der Waals surface area contributed by atoms with Crippen LogP contribution in [0.25, 0.3) is 0 Å². The highest BCUT2D eigenvalue weighted by atomic mass is 32.1. The largest absolute Gasteiger partial charge is 0.357 e. The standard InChI is InChI=1S/C18H30N4OS/c1-4-15(22-12-6-7-17(22)23)10-11-20-18(19-5-2)21-13-16-9-8-14(3)24-16/h8-9,15H,4-7,10-13H2,1-3H3,(H2,19,20,21). The van der Waals surface area contributed by atoms with Gasteiger partial charge in [-0.15, -0.1) is 11.3 Å². The summed E-state index contributed by atoms with van der Waals surface area (Å²) < 4.78 is 0. The number of aliphatic imine (C=N–C) groups is 1. The van der Waals surface area contributed by atoms with Gasteiger partial charge in [0.05, 0.1) is 6.54 Å². The van der Waals surface area contributed by atoms with Crippen molar-refractivity contribution < 1.29 is 4.79 Å². The van der Waals surface area contributed by atoms with Crippen LogP contribution in [0.5, 0.6) is 0 Å². The molecule has 1 saturated heterocycles. The lowest BCUT2D eigenvalue weighted by molar-refractivity contribution is -0.129. The van der Waals surface area contributed by atoms with E-state index in [0.29, 0.717) is 24.9 Å². The fourth-order valence-electron chi connectivity index (χ4n) is 3.06. The summed E-state index contributed by atoms with van der Waals surface area (Å²) in [6.45, 7) is 9.65. The topological polar surface area (TPSA) is 56.7 Å². The van der Waals surface area contributed by atoms with Crippen molar-refractivity contribution in [2.75, 3.05) is 19.6 Å². The Morgan fingerprint density at radius 3 is 2.79 bits per heavy atom. The minimum Gasteiger partial charge on any atom is -0.357 e. The first-order chi connectivity index (χ1) is 11.6. The van der Waals surface area contributed by atoms with Gasteiger partial charge in [-0.25, -0.2) is 4.99 Å². The second-order valence-corrected chi connectivity index (χ2v) is 7.55. The quantitative estimate of drug-likeness (QED) is 0.560. The SMILES string of the molecule is CCNC(=NCc1ccc(C)s1)NCCC(CC)N1CCCC1=O. The van der Waals surface area contributed by atoms with Crippen molar-refractivity contribution in [1.29, 1.82) is 0 Å². The summed E-state index contributed by atoms with van der Waals surface area (Å²) in [6, 6.07) is 4.61. The van der Waals surface area contributed by atoms with E-state index in [9.17, 15) is 4.79 Å². The summed E-state index contributed by atoms with van der Waals surface area (Å²) in [6.07, 6.45) is 3.70. The number of guanidine groups is 1. The first-order valence-electron chi connectivity index (χ1n) is 9.01. The second kappa shape index (κ2) is 9.67. The molecule has 0 aromatic carbocycles.